The van der Waals surface area contributed by atoms with Crippen LogP contribution in [-0.2, 0) is 14.4 Å². The van der Waals surface area contributed by atoms with Gasteiger partial charge in [-0.3, -0.25) is 24.5 Å². The predicted molar refractivity (Wildman–Crippen MR) is 109 cm³/mol. The normalized spacial score (nSPS) is 11.8. The van der Waals surface area contributed by atoms with E-state index in [0.29, 0.717) is 5.56 Å². The summed E-state index contributed by atoms with van der Waals surface area (Å²) in [6.07, 6.45) is 0.800. The first kappa shape index (κ1) is 24.7. The number of oxime groups is 2. The summed E-state index contributed by atoms with van der Waals surface area (Å²) in [4.78, 5) is 19.7. The summed E-state index contributed by atoms with van der Waals surface area (Å²) >= 11 is 11.1. The number of hydrogen-bond acceptors (Lipinski definition) is 10. The molecule has 12 nitrogen and oxygen atoms in total. The molecule has 0 saturated carbocycles. The summed E-state index contributed by atoms with van der Waals surface area (Å²) < 4.78 is 25.4. The van der Waals surface area contributed by atoms with E-state index in [9.17, 15) is 28.6 Å². The Labute approximate surface area is 179 Å². The Morgan fingerprint density at radius 3 is 1.77 bits per heavy atom. The molecule has 0 aliphatic heterocycles. The third-order valence-corrected chi connectivity index (χ3v) is 3.86. The van der Waals surface area contributed by atoms with E-state index in [2.05, 4.69) is 14.6 Å². The van der Waals surface area contributed by atoms with E-state index >= 15 is 0 Å². The standard InChI is InChI=1S/C8H7ClN2O5S.C7H5ClN2O3/c1-17(14,15)16-10-8(9)6-3-2-4-7(5-6)11(12)13;8-7(9-11)5-2-1-3-6(4-5)10(12)13/h2-5H,1H3;1-4,11H/b10-8+;9-7+. The zero-order valence-corrected chi connectivity index (χ0v) is 17.2. The number of benzene rings is 2. The third-order valence-electron chi connectivity index (χ3n) is 2.93. The number of nitro groups is 2. The average Bonchev–Trinajstić information content (AvgIpc) is 2.71. The minimum absolute atomic E-state index is 0.0979. The third kappa shape index (κ3) is 8.38. The molecule has 2 aromatic carbocycles. The van der Waals surface area contributed by atoms with Crippen LogP contribution in [0.5, 0.6) is 0 Å². The second-order valence-electron chi connectivity index (χ2n) is 5.17. The van der Waals surface area contributed by atoms with Gasteiger partial charge in [0.05, 0.1) is 16.1 Å². The first-order valence-corrected chi connectivity index (χ1v) is 10.0. The van der Waals surface area contributed by atoms with Crippen LogP contribution in [0.4, 0.5) is 11.4 Å². The van der Waals surface area contributed by atoms with Gasteiger partial charge in [-0.1, -0.05) is 57.8 Å². The number of non-ortho nitro benzene ring substituents is 2. The maximum Gasteiger partial charge on any atom is 0.325 e. The van der Waals surface area contributed by atoms with Crippen LogP contribution in [0.2, 0.25) is 0 Å². The van der Waals surface area contributed by atoms with E-state index in [1.54, 1.807) is 0 Å². The van der Waals surface area contributed by atoms with Crippen LogP contribution in [0.1, 0.15) is 11.1 Å². The van der Waals surface area contributed by atoms with Gasteiger partial charge in [0.1, 0.15) is 0 Å². The molecule has 0 amide bonds. The summed E-state index contributed by atoms with van der Waals surface area (Å²) in [7, 11) is -3.76. The molecule has 1 N–H and O–H groups in total. The number of rotatable bonds is 6. The number of halogens is 2. The molecule has 0 aliphatic carbocycles. The van der Waals surface area contributed by atoms with Crippen molar-refractivity contribution in [2.75, 3.05) is 6.26 Å². The van der Waals surface area contributed by atoms with Gasteiger partial charge in [-0.15, -0.1) is 0 Å². The lowest BCUT2D eigenvalue weighted by Crippen LogP contribution is -2.00. The van der Waals surface area contributed by atoms with Gasteiger partial charge in [0.25, 0.3) is 11.4 Å². The molecule has 0 spiro atoms. The lowest BCUT2D eigenvalue weighted by Gasteiger charge is -1.98. The van der Waals surface area contributed by atoms with Gasteiger partial charge in [-0.05, 0) is 0 Å². The Kier molecular flexibility index (Phi) is 9.11. The molecular formula is C15H12Cl2N4O8S. The van der Waals surface area contributed by atoms with Gasteiger partial charge in [0.2, 0.25) is 0 Å². The fourth-order valence-electron chi connectivity index (χ4n) is 1.71. The van der Waals surface area contributed by atoms with Crippen molar-refractivity contribution in [3.05, 3.63) is 79.9 Å². The highest BCUT2D eigenvalue weighted by atomic mass is 35.5. The highest BCUT2D eigenvalue weighted by Gasteiger charge is 2.10. The molecule has 15 heteroatoms. The van der Waals surface area contributed by atoms with Crippen molar-refractivity contribution in [3.8, 4) is 0 Å². The van der Waals surface area contributed by atoms with Crippen LogP contribution in [0, 0.1) is 20.2 Å². The highest BCUT2D eigenvalue weighted by molar-refractivity contribution is 7.85. The molecule has 0 unspecified atom stereocenters. The van der Waals surface area contributed by atoms with E-state index in [1.165, 1.54) is 42.5 Å². The average molecular weight is 479 g/mol. The zero-order chi connectivity index (χ0) is 22.9. The maximum atomic E-state index is 10.6. The summed E-state index contributed by atoms with van der Waals surface area (Å²) in [5.74, 6) is 0. The lowest BCUT2D eigenvalue weighted by atomic mass is 10.2. The molecular weight excluding hydrogens is 467 g/mol. The zero-order valence-electron chi connectivity index (χ0n) is 14.9. The van der Waals surface area contributed by atoms with Gasteiger partial charge in [-0.25, -0.2) is 0 Å². The number of nitrogens with zero attached hydrogens (tertiary/aromatic N) is 4. The Hall–Kier alpha value is -3.29. The second-order valence-corrected chi connectivity index (χ2v) is 7.44. The SMILES string of the molecule is CS(=O)(=O)O/N=C(/Cl)c1cccc([N+](=O)[O-])c1.O=[N+]([O-])c1cccc(/C(Cl)=N\O)c1. The van der Waals surface area contributed by atoms with Gasteiger partial charge in [-0.2, -0.15) is 8.42 Å². The fraction of sp³-hybridized carbons (Fsp3) is 0.0667. The smallest absolute Gasteiger partial charge is 0.325 e. The molecule has 2 rings (SSSR count). The maximum absolute atomic E-state index is 10.6. The van der Waals surface area contributed by atoms with E-state index in [4.69, 9.17) is 28.4 Å². The van der Waals surface area contributed by atoms with E-state index in [0.717, 1.165) is 12.3 Å². The van der Waals surface area contributed by atoms with Crippen molar-refractivity contribution in [3.63, 3.8) is 0 Å². The van der Waals surface area contributed by atoms with Crippen LogP contribution in [0.25, 0.3) is 0 Å². The van der Waals surface area contributed by atoms with Crippen LogP contribution >= 0.6 is 23.2 Å². The molecule has 0 fully saturated rings. The van der Waals surface area contributed by atoms with Crippen LogP contribution in [0.3, 0.4) is 0 Å². The molecule has 2 aromatic rings. The summed E-state index contributed by atoms with van der Waals surface area (Å²) in [6.45, 7) is 0. The fourth-order valence-corrected chi connectivity index (χ4v) is 2.23. The monoisotopic (exact) mass is 478 g/mol. The summed E-state index contributed by atoms with van der Waals surface area (Å²) in [6, 6.07) is 10.8. The minimum atomic E-state index is -3.76. The molecule has 0 bridgehead atoms. The molecule has 0 saturated heterocycles. The Morgan fingerprint density at radius 2 is 1.40 bits per heavy atom. The van der Waals surface area contributed by atoms with Gasteiger partial charge >= 0.3 is 10.1 Å². The van der Waals surface area contributed by atoms with Crippen molar-refractivity contribution >= 4 is 55.0 Å². The molecule has 160 valence electrons. The molecule has 0 heterocycles. The first-order valence-electron chi connectivity index (χ1n) is 7.44. The Bertz CT molecular complexity index is 1110. The van der Waals surface area contributed by atoms with Crippen molar-refractivity contribution in [1.82, 2.24) is 0 Å². The Balaban J connectivity index is 0.000000311. The molecule has 0 aliphatic rings. The van der Waals surface area contributed by atoms with Crippen LogP contribution in [-0.4, -0.2) is 40.1 Å². The van der Waals surface area contributed by atoms with Gasteiger partial charge < -0.3 is 5.21 Å². The minimum Gasteiger partial charge on any atom is -0.410 e. The van der Waals surface area contributed by atoms with Crippen LogP contribution < -0.4 is 0 Å². The largest absolute Gasteiger partial charge is 0.410 e. The molecule has 30 heavy (non-hydrogen) atoms. The van der Waals surface area contributed by atoms with E-state index in [-0.39, 0.29) is 27.3 Å². The van der Waals surface area contributed by atoms with Gasteiger partial charge in [0, 0.05) is 35.4 Å². The van der Waals surface area contributed by atoms with E-state index in [1.807, 2.05) is 0 Å². The summed E-state index contributed by atoms with van der Waals surface area (Å²) in [5, 5.41) is 34.5. The Morgan fingerprint density at radius 1 is 0.967 bits per heavy atom. The van der Waals surface area contributed by atoms with Crippen molar-refractivity contribution < 1.29 is 27.8 Å². The van der Waals surface area contributed by atoms with Gasteiger partial charge in [0.15, 0.2) is 10.3 Å². The van der Waals surface area contributed by atoms with Crippen molar-refractivity contribution in [2.45, 2.75) is 0 Å². The lowest BCUT2D eigenvalue weighted by molar-refractivity contribution is -0.385. The number of hydrogen-bond donors (Lipinski definition) is 1. The topological polar surface area (TPSA) is 175 Å². The van der Waals surface area contributed by atoms with Crippen molar-refractivity contribution in [2.24, 2.45) is 10.3 Å². The quantitative estimate of drug-likeness (QED) is 0.284. The van der Waals surface area contributed by atoms with Crippen LogP contribution in [0.15, 0.2) is 58.8 Å². The summed E-state index contributed by atoms with van der Waals surface area (Å²) in [5.41, 5.74) is 0.206. The molecule has 0 radical (unpaired) electrons. The first-order chi connectivity index (χ1) is 13.9. The highest BCUT2D eigenvalue weighted by Crippen LogP contribution is 2.16. The van der Waals surface area contributed by atoms with Crippen molar-refractivity contribution in [1.29, 1.82) is 0 Å². The molecule has 0 atom stereocenters. The second kappa shape index (κ2) is 11.0. The number of nitro benzene ring substituents is 2. The predicted octanol–water partition coefficient (Wildman–Crippen LogP) is 3.44. The molecule has 0 aromatic heterocycles. The van der Waals surface area contributed by atoms with E-state index < -0.39 is 20.0 Å².